The summed E-state index contributed by atoms with van der Waals surface area (Å²) in [5, 5.41) is 7.73. The molecule has 0 heterocycles. The molecule has 0 spiro atoms. The molecule has 0 amide bonds. The van der Waals surface area contributed by atoms with Crippen molar-refractivity contribution in [1.29, 1.82) is 0 Å². The summed E-state index contributed by atoms with van der Waals surface area (Å²) in [5.74, 6) is 0. The van der Waals surface area contributed by atoms with Crippen LogP contribution in [0.5, 0.6) is 0 Å². The van der Waals surface area contributed by atoms with Crippen LogP contribution >= 0.6 is 0 Å². The van der Waals surface area contributed by atoms with E-state index in [1.165, 1.54) is 110 Å². The second-order valence-corrected chi connectivity index (χ2v) is 16.5. The normalized spacial score (nSPS) is 14.6. The average Bonchev–Trinajstić information content (AvgIpc) is 3.57. The Balaban J connectivity index is 1.08. The summed E-state index contributed by atoms with van der Waals surface area (Å²) in [4.78, 5) is 0. The Hall–Kier alpha value is -6.24. The highest BCUT2D eigenvalue weighted by atomic mass is 14.4. The van der Waals surface area contributed by atoms with Gasteiger partial charge in [-0.3, -0.25) is 0 Å². The van der Waals surface area contributed by atoms with Crippen LogP contribution in [0.2, 0.25) is 0 Å². The minimum Gasteiger partial charge on any atom is -0.0619 e. The van der Waals surface area contributed by atoms with Crippen molar-refractivity contribution in [3.8, 4) is 55.6 Å². The van der Waals surface area contributed by atoms with Gasteiger partial charge in [0.15, 0.2) is 0 Å². The van der Waals surface area contributed by atoms with Gasteiger partial charge in [0, 0.05) is 10.8 Å². The van der Waals surface area contributed by atoms with E-state index in [0.29, 0.717) is 0 Å². The highest BCUT2D eigenvalue weighted by Gasteiger charge is 2.37. The first kappa shape index (κ1) is 31.3. The van der Waals surface area contributed by atoms with Crippen LogP contribution in [0.25, 0.3) is 88.0 Å². The molecule has 9 aromatic rings. The molecule has 0 heteroatoms. The fourth-order valence-electron chi connectivity index (χ4n) is 10.1. The molecule has 0 radical (unpaired) electrons. The smallest absolute Gasteiger partial charge is 0.0159 e. The van der Waals surface area contributed by atoms with Gasteiger partial charge in [-0.05, 0) is 141 Å². The molecule has 9 aromatic carbocycles. The lowest BCUT2D eigenvalue weighted by Crippen LogP contribution is -2.14. The number of fused-ring (bicyclic) bond motifs is 9. The Morgan fingerprint density at radius 1 is 0.278 bits per heavy atom. The van der Waals surface area contributed by atoms with E-state index < -0.39 is 0 Å². The molecule has 0 fully saturated rings. The molecule has 0 saturated heterocycles. The van der Waals surface area contributed by atoms with Crippen LogP contribution in [-0.4, -0.2) is 0 Å². The van der Waals surface area contributed by atoms with Crippen molar-refractivity contribution in [3.05, 3.63) is 192 Å². The summed E-state index contributed by atoms with van der Waals surface area (Å²) >= 11 is 0. The van der Waals surface area contributed by atoms with E-state index in [1.54, 1.807) is 0 Å². The van der Waals surface area contributed by atoms with E-state index >= 15 is 0 Å². The molecule has 0 aromatic heterocycles. The summed E-state index contributed by atoms with van der Waals surface area (Å²) in [5.41, 5.74) is 18.5. The van der Waals surface area contributed by atoms with E-state index in [4.69, 9.17) is 0 Å². The van der Waals surface area contributed by atoms with Crippen LogP contribution in [-0.2, 0) is 10.8 Å². The van der Waals surface area contributed by atoms with Crippen molar-refractivity contribution in [3.63, 3.8) is 0 Å². The molecule has 2 aliphatic rings. The Morgan fingerprint density at radius 3 is 1.43 bits per heavy atom. The molecule has 0 nitrogen and oxygen atoms in total. The van der Waals surface area contributed by atoms with Crippen LogP contribution in [0, 0.1) is 0 Å². The largest absolute Gasteiger partial charge is 0.0619 e. The lowest BCUT2D eigenvalue weighted by atomic mass is 9.80. The Kier molecular flexibility index (Phi) is 6.46. The van der Waals surface area contributed by atoms with E-state index in [-0.39, 0.29) is 10.8 Å². The van der Waals surface area contributed by atoms with Crippen LogP contribution in [0.4, 0.5) is 0 Å². The van der Waals surface area contributed by atoms with Crippen molar-refractivity contribution in [2.24, 2.45) is 0 Å². The second kappa shape index (κ2) is 11.1. The summed E-state index contributed by atoms with van der Waals surface area (Å²) in [6.45, 7) is 9.48. The van der Waals surface area contributed by atoms with Gasteiger partial charge < -0.3 is 0 Å². The highest BCUT2D eigenvalue weighted by Crippen LogP contribution is 2.53. The topological polar surface area (TPSA) is 0 Å². The van der Waals surface area contributed by atoms with Gasteiger partial charge in [-0.2, -0.15) is 0 Å². The molecular weight excluding hydrogens is 649 g/mol. The summed E-state index contributed by atoms with van der Waals surface area (Å²) < 4.78 is 0. The molecule has 54 heavy (non-hydrogen) atoms. The fourth-order valence-corrected chi connectivity index (χ4v) is 10.1. The molecule has 0 bridgehead atoms. The number of benzene rings is 9. The predicted molar refractivity (Wildman–Crippen MR) is 230 cm³/mol. The first-order valence-electron chi connectivity index (χ1n) is 19.3. The van der Waals surface area contributed by atoms with Gasteiger partial charge in [0.2, 0.25) is 0 Å². The van der Waals surface area contributed by atoms with Gasteiger partial charge in [0.05, 0.1) is 0 Å². The molecule has 2 aliphatic carbocycles. The van der Waals surface area contributed by atoms with Gasteiger partial charge in [-0.15, -0.1) is 0 Å². The van der Waals surface area contributed by atoms with E-state index in [0.717, 1.165) is 0 Å². The minimum absolute atomic E-state index is 0.0484. The number of hydrogen-bond donors (Lipinski definition) is 0. The van der Waals surface area contributed by atoms with Crippen molar-refractivity contribution in [1.82, 2.24) is 0 Å². The third-order valence-corrected chi connectivity index (χ3v) is 12.8. The maximum atomic E-state index is 2.47. The quantitative estimate of drug-likeness (QED) is 0.162. The second-order valence-electron chi connectivity index (χ2n) is 16.5. The molecule has 0 N–H and O–H groups in total. The van der Waals surface area contributed by atoms with Crippen LogP contribution in [0.15, 0.2) is 170 Å². The monoisotopic (exact) mass is 688 g/mol. The molecule has 256 valence electrons. The van der Waals surface area contributed by atoms with Gasteiger partial charge in [-0.1, -0.05) is 167 Å². The zero-order chi connectivity index (χ0) is 36.3. The minimum atomic E-state index is -0.0584. The fraction of sp³-hybridized carbons (Fsp3) is 0.111. The van der Waals surface area contributed by atoms with Crippen molar-refractivity contribution in [2.75, 3.05) is 0 Å². The maximum Gasteiger partial charge on any atom is 0.0159 e. The molecule has 0 unspecified atom stereocenters. The standard InChI is InChI=1S/C54H40/c1-53(2)47-23-12-11-18-39(47)40-26-24-38(32-49(40)53)52-43-21-9-7-19-41(43)51(42-20-8-10-22-44(42)52)37-17-13-16-33(28-37)36-25-27-48-45(30-36)46-29-34-14-5-6-15-35(34)31-50(46)54(48,3)4/h5-32H,1-4H3. The molecule has 11 rings (SSSR count). The van der Waals surface area contributed by atoms with Gasteiger partial charge >= 0.3 is 0 Å². The first-order chi connectivity index (χ1) is 26.3. The SMILES string of the molecule is CC1(C)c2ccccc2-c2ccc(-c3c4ccccc4c(-c4cccc(-c5ccc6c(c5)-c5cc7ccccc7cc5C6(C)C)c4)c4ccccc34)cc21. The van der Waals surface area contributed by atoms with E-state index in [9.17, 15) is 0 Å². The first-order valence-corrected chi connectivity index (χ1v) is 19.3. The molecule has 0 saturated carbocycles. The maximum absolute atomic E-state index is 2.47. The third-order valence-electron chi connectivity index (χ3n) is 12.8. The summed E-state index contributed by atoms with van der Waals surface area (Å²) in [6, 6.07) is 64.1. The summed E-state index contributed by atoms with van der Waals surface area (Å²) in [7, 11) is 0. The lowest BCUT2D eigenvalue weighted by molar-refractivity contribution is 0.660. The van der Waals surface area contributed by atoms with Gasteiger partial charge in [0.1, 0.15) is 0 Å². The molecule has 0 atom stereocenters. The number of hydrogen-bond acceptors (Lipinski definition) is 0. The Labute approximate surface area is 317 Å². The predicted octanol–water partition coefficient (Wildman–Crippen LogP) is 14.8. The van der Waals surface area contributed by atoms with Crippen LogP contribution < -0.4 is 0 Å². The Morgan fingerprint density at radius 2 is 0.741 bits per heavy atom. The third kappa shape index (κ3) is 4.32. The Bertz CT molecular complexity index is 2990. The van der Waals surface area contributed by atoms with E-state index in [1.807, 2.05) is 0 Å². The van der Waals surface area contributed by atoms with Gasteiger partial charge in [-0.25, -0.2) is 0 Å². The lowest BCUT2D eigenvalue weighted by Gasteiger charge is -2.23. The highest BCUT2D eigenvalue weighted by molar-refractivity contribution is 6.21. The van der Waals surface area contributed by atoms with Crippen molar-refractivity contribution >= 4 is 32.3 Å². The summed E-state index contributed by atoms with van der Waals surface area (Å²) in [6.07, 6.45) is 0. The zero-order valence-electron chi connectivity index (χ0n) is 31.2. The van der Waals surface area contributed by atoms with Crippen molar-refractivity contribution < 1.29 is 0 Å². The molecular formula is C54H40. The average molecular weight is 689 g/mol. The van der Waals surface area contributed by atoms with Crippen LogP contribution in [0.1, 0.15) is 49.9 Å². The van der Waals surface area contributed by atoms with Gasteiger partial charge in [0.25, 0.3) is 0 Å². The van der Waals surface area contributed by atoms with E-state index in [2.05, 4.69) is 198 Å². The zero-order valence-corrected chi connectivity index (χ0v) is 31.2. The van der Waals surface area contributed by atoms with Crippen molar-refractivity contribution in [2.45, 2.75) is 38.5 Å². The van der Waals surface area contributed by atoms with Crippen LogP contribution in [0.3, 0.4) is 0 Å². The molecule has 0 aliphatic heterocycles. The number of rotatable bonds is 3.